The van der Waals surface area contributed by atoms with Crippen molar-refractivity contribution in [3.63, 3.8) is 0 Å². The first-order valence-corrected chi connectivity index (χ1v) is 11.6. The number of hydrogen-bond donors (Lipinski definition) is 3. The molecule has 0 saturated carbocycles. The van der Waals surface area contributed by atoms with Crippen molar-refractivity contribution in [3.05, 3.63) is 64.1 Å². The molecule has 0 unspecified atom stereocenters. The summed E-state index contributed by atoms with van der Waals surface area (Å²) in [4.78, 5) is 31.3. The molecule has 3 N–H and O–H groups in total. The van der Waals surface area contributed by atoms with Crippen molar-refractivity contribution in [2.24, 2.45) is 0 Å². The second-order valence-corrected chi connectivity index (χ2v) is 8.46. The van der Waals surface area contributed by atoms with Crippen LogP contribution in [0.5, 0.6) is 5.75 Å². The topological polar surface area (TPSA) is 116 Å². The number of fused-ring (bicyclic) bond motifs is 2. The number of phenolic OH excluding ortho intramolecular Hbond substituents is 1. The summed E-state index contributed by atoms with van der Waals surface area (Å²) in [5.74, 6) is -1.03. The number of rotatable bonds is 8. The van der Waals surface area contributed by atoms with Crippen LogP contribution in [0.15, 0.2) is 51.7 Å². The molecule has 4 rings (SSSR count). The molecule has 0 aliphatic rings. The Labute approximate surface area is 202 Å². The first-order valence-electron chi connectivity index (χ1n) is 11.6. The van der Waals surface area contributed by atoms with E-state index in [0.29, 0.717) is 33.3 Å². The first-order chi connectivity index (χ1) is 16.8. The molecule has 0 spiro atoms. The highest BCUT2D eigenvalue weighted by Gasteiger charge is 2.20. The number of carboxylic acid groups (broad SMARTS) is 1. The smallest absolute Gasteiger partial charge is 0.344 e. The number of nitrogens with zero attached hydrogens (tertiary/aromatic N) is 2. The molecule has 0 fully saturated rings. The molecule has 8 nitrogen and oxygen atoms in total. The predicted octanol–water partition coefficient (Wildman–Crippen LogP) is 4.08. The summed E-state index contributed by atoms with van der Waals surface area (Å²) in [6, 6.07) is 11.7. The quantitative estimate of drug-likeness (QED) is 0.327. The van der Waals surface area contributed by atoms with Crippen LogP contribution in [0.25, 0.3) is 33.0 Å². The molecule has 35 heavy (non-hydrogen) atoms. The van der Waals surface area contributed by atoms with Gasteiger partial charge in [-0.15, -0.1) is 0 Å². The third kappa shape index (κ3) is 4.44. The van der Waals surface area contributed by atoms with Crippen LogP contribution in [0.4, 0.5) is 5.69 Å². The Balaban J connectivity index is 1.86. The van der Waals surface area contributed by atoms with Gasteiger partial charge in [-0.3, -0.25) is 4.79 Å². The minimum atomic E-state index is -0.985. The van der Waals surface area contributed by atoms with Gasteiger partial charge in [0.2, 0.25) is 0 Å². The highest BCUT2D eigenvalue weighted by molar-refractivity contribution is 6.00. The number of aromatic hydroxyl groups is 1. The number of aliphatic carboxylic acids is 1. The zero-order valence-corrected chi connectivity index (χ0v) is 20.3. The number of anilines is 1. The molecular formula is C27H29N3O5. The summed E-state index contributed by atoms with van der Waals surface area (Å²) in [7, 11) is 1.57. The fourth-order valence-electron chi connectivity index (χ4n) is 4.54. The number of likely N-dealkylation sites (N-methyl/N-ethyl adjacent to an activating group) is 1. The van der Waals surface area contributed by atoms with Crippen LogP contribution in [-0.4, -0.2) is 47.3 Å². The van der Waals surface area contributed by atoms with Crippen molar-refractivity contribution in [1.29, 1.82) is 0 Å². The summed E-state index contributed by atoms with van der Waals surface area (Å²) in [5, 5.41) is 24.0. The number of aromatic nitrogens is 1. The van der Waals surface area contributed by atoms with Gasteiger partial charge in [-0.25, -0.2) is 9.78 Å². The maximum atomic E-state index is 13.2. The molecule has 2 heterocycles. The van der Waals surface area contributed by atoms with Gasteiger partial charge in [-0.05, 0) is 69.3 Å². The normalized spacial score (nSPS) is 12.2. The van der Waals surface area contributed by atoms with E-state index in [-0.39, 0.29) is 12.2 Å². The molecule has 182 valence electrons. The SMILES string of the molecule is CCN(CC)c1ccc2c(C)c(-c3ccc(O)c4nc(C[C@H](NC)C(=O)O)ccc34)c(=O)oc2c1. The number of carbonyl (C=O) groups is 1. The van der Waals surface area contributed by atoms with E-state index in [9.17, 15) is 19.8 Å². The summed E-state index contributed by atoms with van der Waals surface area (Å²) in [6.45, 7) is 7.73. The van der Waals surface area contributed by atoms with Gasteiger partial charge in [-0.1, -0.05) is 6.07 Å². The lowest BCUT2D eigenvalue weighted by Gasteiger charge is -2.21. The van der Waals surface area contributed by atoms with E-state index < -0.39 is 17.6 Å². The van der Waals surface area contributed by atoms with Gasteiger partial charge in [0.15, 0.2) is 0 Å². The molecule has 2 aromatic carbocycles. The van der Waals surface area contributed by atoms with Gasteiger partial charge in [-0.2, -0.15) is 0 Å². The molecular weight excluding hydrogens is 446 g/mol. The van der Waals surface area contributed by atoms with Crippen LogP contribution >= 0.6 is 0 Å². The number of phenols is 1. The third-order valence-electron chi connectivity index (χ3n) is 6.50. The van der Waals surface area contributed by atoms with Crippen molar-refractivity contribution in [1.82, 2.24) is 10.3 Å². The van der Waals surface area contributed by atoms with E-state index in [4.69, 9.17) is 4.42 Å². The van der Waals surface area contributed by atoms with Gasteiger partial charge < -0.3 is 24.8 Å². The minimum Gasteiger partial charge on any atom is -0.506 e. The largest absolute Gasteiger partial charge is 0.506 e. The average molecular weight is 476 g/mol. The highest BCUT2D eigenvalue weighted by atomic mass is 16.4. The molecule has 0 amide bonds. The lowest BCUT2D eigenvalue weighted by molar-refractivity contribution is -0.139. The number of benzene rings is 2. The summed E-state index contributed by atoms with van der Waals surface area (Å²) >= 11 is 0. The molecule has 0 saturated heterocycles. The van der Waals surface area contributed by atoms with E-state index in [1.807, 2.05) is 25.1 Å². The lowest BCUT2D eigenvalue weighted by Crippen LogP contribution is -2.36. The molecule has 4 aromatic rings. The first kappa shape index (κ1) is 24.2. The summed E-state index contributed by atoms with van der Waals surface area (Å²) < 4.78 is 5.77. The number of aryl methyl sites for hydroxylation is 1. The van der Waals surface area contributed by atoms with Crippen molar-refractivity contribution in [2.45, 2.75) is 33.2 Å². The van der Waals surface area contributed by atoms with E-state index in [0.717, 1.165) is 29.7 Å². The van der Waals surface area contributed by atoms with E-state index in [1.165, 1.54) is 6.07 Å². The number of hydrogen-bond acceptors (Lipinski definition) is 7. The fraction of sp³-hybridized carbons (Fsp3) is 0.296. The maximum Gasteiger partial charge on any atom is 0.344 e. The molecule has 0 radical (unpaired) electrons. The Morgan fingerprint density at radius 3 is 2.49 bits per heavy atom. The van der Waals surface area contributed by atoms with E-state index >= 15 is 0 Å². The number of nitrogens with one attached hydrogen (secondary N) is 1. The lowest BCUT2D eigenvalue weighted by atomic mass is 9.95. The van der Waals surface area contributed by atoms with Crippen LogP contribution < -0.4 is 15.8 Å². The Morgan fingerprint density at radius 2 is 1.83 bits per heavy atom. The van der Waals surface area contributed by atoms with Crippen LogP contribution in [0.2, 0.25) is 0 Å². The predicted molar refractivity (Wildman–Crippen MR) is 137 cm³/mol. The van der Waals surface area contributed by atoms with Crippen molar-refractivity contribution < 1.29 is 19.4 Å². The summed E-state index contributed by atoms with van der Waals surface area (Å²) in [6.07, 6.45) is 0.150. The van der Waals surface area contributed by atoms with Gasteiger partial charge >= 0.3 is 11.6 Å². The van der Waals surface area contributed by atoms with Crippen molar-refractivity contribution in [2.75, 3.05) is 25.0 Å². The molecule has 8 heteroatoms. The molecule has 0 bridgehead atoms. The van der Waals surface area contributed by atoms with Gasteiger partial charge in [0.1, 0.15) is 22.9 Å². The van der Waals surface area contributed by atoms with E-state index in [2.05, 4.69) is 29.0 Å². The zero-order valence-electron chi connectivity index (χ0n) is 20.3. The van der Waals surface area contributed by atoms with Crippen LogP contribution in [-0.2, 0) is 11.2 Å². The van der Waals surface area contributed by atoms with Crippen molar-refractivity contribution >= 4 is 33.5 Å². The molecule has 0 aliphatic heterocycles. The standard InChI is InChI=1S/C27H29N3O5/c1-5-30(6-2)17-8-10-18-15(3)24(27(34)35-23(18)14-17)19-11-12-22(31)25-20(19)9-7-16(29-25)13-21(28-4)26(32)33/h7-12,14,21,28,31H,5-6,13H2,1-4H3,(H,32,33)/t21-/m0/s1. The van der Waals surface area contributed by atoms with Crippen LogP contribution in [0, 0.1) is 6.92 Å². The summed E-state index contributed by atoms with van der Waals surface area (Å²) in [5.41, 5.74) is 3.65. The second kappa shape index (κ2) is 9.76. The highest BCUT2D eigenvalue weighted by Crippen LogP contribution is 2.35. The van der Waals surface area contributed by atoms with Crippen molar-refractivity contribution in [3.8, 4) is 16.9 Å². The third-order valence-corrected chi connectivity index (χ3v) is 6.50. The monoisotopic (exact) mass is 475 g/mol. The second-order valence-electron chi connectivity index (χ2n) is 8.46. The number of carboxylic acids is 1. The Bertz CT molecular complexity index is 1470. The van der Waals surface area contributed by atoms with Gasteiger partial charge in [0.05, 0.1) is 5.56 Å². The fourth-order valence-corrected chi connectivity index (χ4v) is 4.54. The minimum absolute atomic E-state index is 0.0476. The van der Waals surface area contributed by atoms with Crippen LogP contribution in [0.3, 0.4) is 0 Å². The molecule has 2 aromatic heterocycles. The van der Waals surface area contributed by atoms with E-state index in [1.54, 1.807) is 25.2 Å². The van der Waals surface area contributed by atoms with Gasteiger partial charge in [0, 0.05) is 47.7 Å². The average Bonchev–Trinajstić information content (AvgIpc) is 2.84. The Kier molecular flexibility index (Phi) is 6.75. The zero-order chi connectivity index (χ0) is 25.3. The Morgan fingerprint density at radius 1 is 1.11 bits per heavy atom. The Hall–Kier alpha value is -3.91. The molecule has 0 aliphatic carbocycles. The molecule has 1 atom stereocenters. The maximum absolute atomic E-state index is 13.2. The van der Waals surface area contributed by atoms with Crippen LogP contribution in [0.1, 0.15) is 25.1 Å². The van der Waals surface area contributed by atoms with Gasteiger partial charge in [0.25, 0.3) is 0 Å². The number of pyridine rings is 1.